The van der Waals surface area contributed by atoms with Gasteiger partial charge in [0, 0.05) is 23.9 Å². The highest BCUT2D eigenvalue weighted by Gasteiger charge is 2.18. The molecule has 0 aliphatic carbocycles. The summed E-state index contributed by atoms with van der Waals surface area (Å²) in [7, 11) is 3.36. The van der Waals surface area contributed by atoms with Crippen molar-refractivity contribution in [2.24, 2.45) is 0 Å². The highest BCUT2D eigenvalue weighted by molar-refractivity contribution is 5.42. The largest absolute Gasteiger partial charge is 0.497 e. The molecule has 0 saturated heterocycles. The average Bonchev–Trinajstić information content (AvgIpc) is 2.95. The molecule has 0 N–H and O–H groups in total. The number of hydrogen-bond acceptors (Lipinski definition) is 3. The van der Waals surface area contributed by atoms with Gasteiger partial charge in [0.05, 0.1) is 20.3 Å². The Morgan fingerprint density at radius 3 is 2.45 bits per heavy atom. The zero-order valence-corrected chi connectivity index (χ0v) is 12.8. The molecular formula is C16H22N2O2. The second kappa shape index (κ2) is 5.99. The molecule has 0 fully saturated rings. The number of benzene rings is 1. The highest BCUT2D eigenvalue weighted by atomic mass is 16.5. The Bertz CT molecular complexity index is 576. The summed E-state index contributed by atoms with van der Waals surface area (Å²) in [6.07, 6.45) is 3.86. The number of methoxy groups -OCH3 is 2. The molecule has 0 aliphatic heterocycles. The van der Waals surface area contributed by atoms with Gasteiger partial charge >= 0.3 is 0 Å². The van der Waals surface area contributed by atoms with Crippen molar-refractivity contribution >= 4 is 0 Å². The van der Waals surface area contributed by atoms with E-state index in [0.29, 0.717) is 5.92 Å². The summed E-state index contributed by atoms with van der Waals surface area (Å²) in [6.45, 7) is 6.44. The molecule has 0 aliphatic rings. The Kier molecular flexibility index (Phi) is 4.32. The lowest BCUT2D eigenvalue weighted by Crippen LogP contribution is -2.12. The number of nitrogens with zero attached hydrogens (tertiary/aromatic N) is 2. The molecule has 0 amide bonds. The summed E-state index contributed by atoms with van der Waals surface area (Å²) in [4.78, 5) is 4.45. The number of imidazole rings is 1. The molecule has 4 heteroatoms. The van der Waals surface area contributed by atoms with E-state index in [2.05, 4.69) is 30.3 Å². The number of ether oxygens (including phenoxy) is 2. The lowest BCUT2D eigenvalue weighted by molar-refractivity contribution is 0.392. The quantitative estimate of drug-likeness (QED) is 0.835. The molecule has 0 spiro atoms. The average molecular weight is 274 g/mol. The summed E-state index contributed by atoms with van der Waals surface area (Å²) < 4.78 is 13.0. The Morgan fingerprint density at radius 2 is 1.85 bits per heavy atom. The van der Waals surface area contributed by atoms with E-state index in [4.69, 9.17) is 9.47 Å². The minimum atomic E-state index is 0.139. The van der Waals surface area contributed by atoms with Crippen LogP contribution in [0.5, 0.6) is 11.5 Å². The lowest BCUT2D eigenvalue weighted by atomic mass is 10.1. The predicted octanol–water partition coefficient (Wildman–Crippen LogP) is 3.63. The summed E-state index contributed by atoms with van der Waals surface area (Å²) >= 11 is 0. The molecular weight excluding hydrogens is 252 g/mol. The second-order valence-corrected chi connectivity index (χ2v) is 5.13. The molecule has 108 valence electrons. The van der Waals surface area contributed by atoms with Crippen LogP contribution in [-0.4, -0.2) is 23.8 Å². The van der Waals surface area contributed by atoms with Crippen molar-refractivity contribution in [1.82, 2.24) is 9.55 Å². The van der Waals surface area contributed by atoms with Crippen molar-refractivity contribution in [2.75, 3.05) is 14.2 Å². The Balaban J connectivity index is 2.46. The van der Waals surface area contributed by atoms with Crippen molar-refractivity contribution in [3.8, 4) is 11.5 Å². The molecule has 1 aromatic carbocycles. The Morgan fingerprint density at radius 1 is 1.10 bits per heavy atom. The zero-order valence-electron chi connectivity index (χ0n) is 12.8. The summed E-state index contributed by atoms with van der Waals surface area (Å²) in [6, 6.07) is 6.01. The van der Waals surface area contributed by atoms with Crippen LogP contribution >= 0.6 is 0 Å². The molecule has 2 rings (SSSR count). The predicted molar refractivity (Wildman–Crippen MR) is 79.7 cm³/mol. The minimum Gasteiger partial charge on any atom is -0.497 e. The van der Waals surface area contributed by atoms with Gasteiger partial charge in [0.2, 0.25) is 0 Å². The monoisotopic (exact) mass is 274 g/mol. The van der Waals surface area contributed by atoms with Gasteiger partial charge in [0.1, 0.15) is 17.3 Å². The van der Waals surface area contributed by atoms with Crippen LogP contribution in [0.15, 0.2) is 30.6 Å². The standard InChI is InChI=1S/C16H22N2O2/c1-11(2)16-17-8-9-18(16)12(3)14-10-13(19-4)6-7-15(14)20-5/h6-12H,1-5H3/t12-/m1/s1. The first-order valence-corrected chi connectivity index (χ1v) is 6.83. The van der Waals surface area contributed by atoms with Gasteiger partial charge in [-0.2, -0.15) is 0 Å². The zero-order chi connectivity index (χ0) is 14.7. The molecule has 4 nitrogen and oxygen atoms in total. The van der Waals surface area contributed by atoms with E-state index in [1.54, 1.807) is 14.2 Å². The van der Waals surface area contributed by atoms with E-state index in [0.717, 1.165) is 22.9 Å². The lowest BCUT2D eigenvalue weighted by Gasteiger charge is -2.21. The van der Waals surface area contributed by atoms with Crippen LogP contribution in [0, 0.1) is 0 Å². The van der Waals surface area contributed by atoms with Crippen LogP contribution in [0.25, 0.3) is 0 Å². The SMILES string of the molecule is COc1ccc(OC)c([C@@H](C)n2ccnc2C(C)C)c1. The van der Waals surface area contributed by atoms with Crippen LogP contribution in [0.1, 0.15) is 44.1 Å². The van der Waals surface area contributed by atoms with Gasteiger partial charge in [-0.1, -0.05) is 13.8 Å². The normalized spacial score (nSPS) is 12.5. The first-order chi connectivity index (χ1) is 9.58. The molecule has 0 saturated carbocycles. The molecule has 0 bridgehead atoms. The summed E-state index contributed by atoms with van der Waals surface area (Å²) in [5.41, 5.74) is 1.09. The van der Waals surface area contributed by atoms with E-state index >= 15 is 0 Å². The third-order valence-electron chi connectivity index (χ3n) is 3.52. The van der Waals surface area contributed by atoms with E-state index in [1.165, 1.54) is 0 Å². The van der Waals surface area contributed by atoms with Crippen LogP contribution in [0.3, 0.4) is 0 Å². The fourth-order valence-electron chi connectivity index (χ4n) is 2.42. The van der Waals surface area contributed by atoms with Crippen molar-refractivity contribution < 1.29 is 9.47 Å². The fraction of sp³-hybridized carbons (Fsp3) is 0.438. The number of hydrogen-bond donors (Lipinski definition) is 0. The van der Waals surface area contributed by atoms with Crippen LogP contribution in [0.4, 0.5) is 0 Å². The molecule has 0 unspecified atom stereocenters. The summed E-state index contributed by atoms with van der Waals surface area (Å²) in [5.74, 6) is 3.15. The molecule has 1 aromatic heterocycles. The molecule has 0 radical (unpaired) electrons. The van der Waals surface area contributed by atoms with Gasteiger partial charge < -0.3 is 14.0 Å². The number of rotatable bonds is 5. The third kappa shape index (κ3) is 2.64. The van der Waals surface area contributed by atoms with E-state index < -0.39 is 0 Å². The van der Waals surface area contributed by atoms with Gasteiger partial charge in [0.15, 0.2) is 0 Å². The second-order valence-electron chi connectivity index (χ2n) is 5.13. The molecule has 2 aromatic rings. The van der Waals surface area contributed by atoms with E-state index in [9.17, 15) is 0 Å². The van der Waals surface area contributed by atoms with Gasteiger partial charge in [-0.15, -0.1) is 0 Å². The van der Waals surface area contributed by atoms with Crippen molar-refractivity contribution in [3.05, 3.63) is 42.0 Å². The fourth-order valence-corrected chi connectivity index (χ4v) is 2.42. The van der Waals surface area contributed by atoms with Crippen LogP contribution < -0.4 is 9.47 Å². The highest BCUT2D eigenvalue weighted by Crippen LogP contribution is 2.32. The van der Waals surface area contributed by atoms with Crippen molar-refractivity contribution in [3.63, 3.8) is 0 Å². The topological polar surface area (TPSA) is 36.3 Å². The first kappa shape index (κ1) is 14.4. The molecule has 1 atom stereocenters. The van der Waals surface area contributed by atoms with Gasteiger partial charge in [-0.25, -0.2) is 4.98 Å². The molecule has 20 heavy (non-hydrogen) atoms. The van der Waals surface area contributed by atoms with Crippen molar-refractivity contribution in [2.45, 2.75) is 32.7 Å². The number of aromatic nitrogens is 2. The first-order valence-electron chi connectivity index (χ1n) is 6.83. The van der Waals surface area contributed by atoms with E-state index in [-0.39, 0.29) is 6.04 Å². The smallest absolute Gasteiger partial charge is 0.124 e. The minimum absolute atomic E-state index is 0.139. The van der Waals surface area contributed by atoms with Gasteiger partial charge in [-0.05, 0) is 25.1 Å². The maximum absolute atomic E-state index is 5.48. The van der Waals surface area contributed by atoms with Gasteiger partial charge in [-0.3, -0.25) is 0 Å². The molecule has 1 heterocycles. The Hall–Kier alpha value is -1.97. The van der Waals surface area contributed by atoms with Crippen molar-refractivity contribution in [1.29, 1.82) is 0 Å². The third-order valence-corrected chi connectivity index (χ3v) is 3.52. The van der Waals surface area contributed by atoms with Crippen LogP contribution in [-0.2, 0) is 0 Å². The Labute approximate surface area is 120 Å². The maximum atomic E-state index is 5.48. The van der Waals surface area contributed by atoms with E-state index in [1.807, 2.05) is 30.6 Å². The van der Waals surface area contributed by atoms with Crippen LogP contribution in [0.2, 0.25) is 0 Å². The van der Waals surface area contributed by atoms with Gasteiger partial charge in [0.25, 0.3) is 0 Å². The maximum Gasteiger partial charge on any atom is 0.124 e. The summed E-state index contributed by atoms with van der Waals surface area (Å²) in [5, 5.41) is 0.